The Morgan fingerprint density at radius 1 is 1.09 bits per heavy atom. The van der Waals surface area contributed by atoms with Gasteiger partial charge in [-0.05, 0) is 62.2 Å². The third kappa shape index (κ3) is 4.78. The number of likely N-dealkylation sites (tertiary alicyclic amines) is 1. The molecule has 8 heteroatoms. The van der Waals surface area contributed by atoms with Crippen LogP contribution in [-0.2, 0) is 23.1 Å². The summed E-state index contributed by atoms with van der Waals surface area (Å²) < 4.78 is 34.0. The molecule has 1 unspecified atom stereocenters. The summed E-state index contributed by atoms with van der Waals surface area (Å²) in [6, 6.07) is 14.0. The summed E-state index contributed by atoms with van der Waals surface area (Å²) in [6.45, 7) is 4.64. The van der Waals surface area contributed by atoms with Crippen molar-refractivity contribution < 1.29 is 13.2 Å². The first-order valence-corrected chi connectivity index (χ1v) is 13.1. The summed E-state index contributed by atoms with van der Waals surface area (Å²) in [4.78, 5) is 7.72. The van der Waals surface area contributed by atoms with Gasteiger partial charge in [0, 0.05) is 26.7 Å². The van der Waals surface area contributed by atoms with Crippen LogP contribution < -0.4 is 4.74 Å². The van der Waals surface area contributed by atoms with Gasteiger partial charge in [0.15, 0.2) is 0 Å². The highest BCUT2D eigenvalue weighted by atomic mass is 32.2. The van der Waals surface area contributed by atoms with Crippen molar-refractivity contribution in [2.24, 2.45) is 0 Å². The summed E-state index contributed by atoms with van der Waals surface area (Å²) in [5, 5.41) is 0. The molecule has 1 fully saturated rings. The Hall–Kier alpha value is -2.42. The molecule has 3 aromatic rings. The highest BCUT2D eigenvalue weighted by Crippen LogP contribution is 2.33. The van der Waals surface area contributed by atoms with Crippen LogP contribution in [0.5, 0.6) is 5.75 Å². The van der Waals surface area contributed by atoms with Gasteiger partial charge in [0.1, 0.15) is 11.6 Å². The highest BCUT2D eigenvalue weighted by Gasteiger charge is 2.25. The Labute approximate surface area is 197 Å². The molecule has 0 aliphatic carbocycles. The molecule has 0 saturated carbocycles. The number of imidazole rings is 1. The zero-order valence-corrected chi connectivity index (χ0v) is 20.8. The number of rotatable bonds is 7. The molecular weight excluding hydrogens is 436 g/mol. The topological polar surface area (TPSA) is 67.7 Å². The molecule has 0 bridgehead atoms. The lowest BCUT2D eigenvalue weighted by molar-refractivity contribution is 0.185. The molecule has 0 spiro atoms. The molecule has 33 heavy (non-hydrogen) atoms. The van der Waals surface area contributed by atoms with Crippen molar-refractivity contribution in [1.29, 1.82) is 0 Å². The molecular formula is C25H34N4O3S. The Bertz CT molecular complexity index is 1200. The van der Waals surface area contributed by atoms with E-state index < -0.39 is 10.0 Å². The number of sulfonamides is 1. The van der Waals surface area contributed by atoms with Gasteiger partial charge in [0.25, 0.3) is 0 Å². The van der Waals surface area contributed by atoms with Crippen LogP contribution in [0.2, 0.25) is 0 Å². The third-order valence-electron chi connectivity index (χ3n) is 6.60. The fourth-order valence-corrected chi connectivity index (χ4v) is 5.67. The average Bonchev–Trinajstić information content (AvgIpc) is 2.99. The highest BCUT2D eigenvalue weighted by molar-refractivity contribution is 7.89. The van der Waals surface area contributed by atoms with Crippen LogP contribution in [0.15, 0.2) is 47.4 Å². The standard InChI is InChI=1S/C25H34N4O3S/c1-5-29-24-15-14-21(33(30,31)27(2)3)17-22(24)26-25(29)18-28-16-8-6-7-9-23(28)19-10-12-20(32-4)13-11-19/h10-15,17,23H,5-9,16,18H2,1-4H3. The van der Waals surface area contributed by atoms with E-state index in [1.54, 1.807) is 33.3 Å². The number of methoxy groups -OCH3 is 1. The summed E-state index contributed by atoms with van der Waals surface area (Å²) in [5.41, 5.74) is 3.00. The van der Waals surface area contributed by atoms with Crippen molar-refractivity contribution in [2.75, 3.05) is 27.7 Å². The maximum Gasteiger partial charge on any atom is 0.242 e. The molecule has 1 aliphatic heterocycles. The van der Waals surface area contributed by atoms with E-state index in [-0.39, 0.29) is 4.90 Å². The summed E-state index contributed by atoms with van der Waals surface area (Å²) in [6.07, 6.45) is 4.73. The van der Waals surface area contributed by atoms with Gasteiger partial charge >= 0.3 is 0 Å². The summed E-state index contributed by atoms with van der Waals surface area (Å²) in [5.74, 6) is 1.85. The van der Waals surface area contributed by atoms with Gasteiger partial charge in [-0.1, -0.05) is 25.0 Å². The van der Waals surface area contributed by atoms with Crippen LogP contribution >= 0.6 is 0 Å². The van der Waals surface area contributed by atoms with Crippen LogP contribution in [0, 0.1) is 0 Å². The van der Waals surface area contributed by atoms with Gasteiger partial charge < -0.3 is 9.30 Å². The zero-order valence-electron chi connectivity index (χ0n) is 20.0. The van der Waals surface area contributed by atoms with Gasteiger partial charge in [-0.3, -0.25) is 4.90 Å². The fraction of sp³-hybridized carbons (Fsp3) is 0.480. The minimum atomic E-state index is -3.50. The Kier molecular flexibility index (Phi) is 7.07. The molecule has 0 N–H and O–H groups in total. The van der Waals surface area contributed by atoms with Crippen molar-refractivity contribution in [1.82, 2.24) is 18.8 Å². The molecule has 2 heterocycles. The van der Waals surface area contributed by atoms with Crippen molar-refractivity contribution in [3.05, 3.63) is 53.9 Å². The van der Waals surface area contributed by atoms with Crippen molar-refractivity contribution in [3.63, 3.8) is 0 Å². The number of hydrogen-bond acceptors (Lipinski definition) is 5. The van der Waals surface area contributed by atoms with Crippen LogP contribution in [0.4, 0.5) is 0 Å². The van der Waals surface area contributed by atoms with E-state index in [0.29, 0.717) is 6.04 Å². The predicted octanol–water partition coefficient (Wildman–Crippen LogP) is 4.43. The number of fused-ring (bicyclic) bond motifs is 1. The van der Waals surface area contributed by atoms with E-state index in [9.17, 15) is 8.42 Å². The molecule has 2 aromatic carbocycles. The van der Waals surface area contributed by atoms with E-state index in [1.807, 2.05) is 18.2 Å². The summed E-state index contributed by atoms with van der Waals surface area (Å²) in [7, 11) is 1.29. The molecule has 1 aromatic heterocycles. The Morgan fingerprint density at radius 2 is 1.85 bits per heavy atom. The number of aromatic nitrogens is 2. The van der Waals surface area contributed by atoms with Crippen molar-refractivity contribution in [2.45, 2.75) is 56.6 Å². The first kappa shape index (κ1) is 23.7. The zero-order chi connectivity index (χ0) is 23.6. The molecule has 1 saturated heterocycles. The van der Waals surface area contributed by atoms with Gasteiger partial charge in [-0.2, -0.15) is 0 Å². The molecule has 7 nitrogen and oxygen atoms in total. The fourth-order valence-electron chi connectivity index (χ4n) is 4.75. The Balaban J connectivity index is 1.69. The number of benzene rings is 2. The lowest BCUT2D eigenvalue weighted by Crippen LogP contribution is -2.29. The minimum Gasteiger partial charge on any atom is -0.497 e. The number of hydrogen-bond donors (Lipinski definition) is 0. The largest absolute Gasteiger partial charge is 0.497 e. The first-order valence-electron chi connectivity index (χ1n) is 11.6. The quantitative estimate of drug-likeness (QED) is 0.511. The first-order chi connectivity index (χ1) is 15.8. The van der Waals surface area contributed by atoms with E-state index in [4.69, 9.17) is 9.72 Å². The maximum atomic E-state index is 12.6. The second-order valence-corrected chi connectivity index (χ2v) is 11.0. The van der Waals surface area contributed by atoms with Crippen LogP contribution in [0.1, 0.15) is 50.0 Å². The van der Waals surface area contributed by atoms with Crippen molar-refractivity contribution in [3.8, 4) is 5.75 Å². The molecule has 4 rings (SSSR count). The molecule has 0 radical (unpaired) electrons. The van der Waals surface area contributed by atoms with Crippen LogP contribution in [0.3, 0.4) is 0 Å². The number of ether oxygens (including phenoxy) is 1. The Morgan fingerprint density at radius 3 is 2.52 bits per heavy atom. The van der Waals surface area contributed by atoms with E-state index in [1.165, 1.54) is 29.1 Å². The minimum absolute atomic E-state index is 0.276. The SMILES string of the molecule is CCn1c(CN2CCCCCC2c2ccc(OC)cc2)nc2cc(S(=O)(=O)N(C)C)ccc21. The smallest absolute Gasteiger partial charge is 0.242 e. The maximum absolute atomic E-state index is 12.6. The second kappa shape index (κ2) is 9.83. The van der Waals surface area contributed by atoms with Gasteiger partial charge in [-0.15, -0.1) is 0 Å². The van der Waals surface area contributed by atoms with Crippen LogP contribution in [-0.4, -0.2) is 54.9 Å². The lowest BCUT2D eigenvalue weighted by atomic mass is 10.0. The van der Waals surface area contributed by atoms with Gasteiger partial charge in [0.2, 0.25) is 10.0 Å². The van der Waals surface area contributed by atoms with Gasteiger partial charge in [-0.25, -0.2) is 17.7 Å². The van der Waals surface area contributed by atoms with Crippen molar-refractivity contribution >= 4 is 21.1 Å². The molecule has 1 aliphatic rings. The van der Waals surface area contributed by atoms with Crippen LogP contribution in [0.25, 0.3) is 11.0 Å². The monoisotopic (exact) mass is 470 g/mol. The predicted molar refractivity (Wildman–Crippen MR) is 131 cm³/mol. The third-order valence-corrected chi connectivity index (χ3v) is 8.41. The van der Waals surface area contributed by atoms with E-state index in [2.05, 4.69) is 28.5 Å². The molecule has 178 valence electrons. The lowest BCUT2D eigenvalue weighted by Gasteiger charge is -2.30. The summed E-state index contributed by atoms with van der Waals surface area (Å²) >= 11 is 0. The average molecular weight is 471 g/mol. The number of nitrogens with zero attached hydrogens (tertiary/aromatic N) is 4. The molecule has 1 atom stereocenters. The second-order valence-electron chi connectivity index (χ2n) is 8.82. The number of aryl methyl sites for hydroxylation is 1. The van der Waals surface area contributed by atoms with E-state index >= 15 is 0 Å². The van der Waals surface area contributed by atoms with Gasteiger partial charge in [0.05, 0.1) is 29.6 Å². The molecule has 0 amide bonds. The normalized spacial score (nSPS) is 18.0. The van der Waals surface area contributed by atoms with E-state index in [0.717, 1.165) is 48.7 Å².